The van der Waals surface area contributed by atoms with Gasteiger partial charge in [0.25, 0.3) is 10.0 Å². The second-order valence-corrected chi connectivity index (χ2v) is 7.15. The standard InChI is InChI=1S/C15H14Cl2N2O3S/c1-2-15(20)18-12-7-8-13(17)14(9-12)23(21,22)19-11-5-3-10(16)4-6-11/h3-9,19H,2H2,1H3,(H,18,20). The molecule has 0 radical (unpaired) electrons. The van der Waals surface area contributed by atoms with Gasteiger partial charge in [0.1, 0.15) is 4.90 Å². The van der Waals surface area contributed by atoms with Crippen molar-refractivity contribution in [3.8, 4) is 0 Å². The quantitative estimate of drug-likeness (QED) is 0.827. The summed E-state index contributed by atoms with van der Waals surface area (Å²) >= 11 is 11.8. The van der Waals surface area contributed by atoms with Gasteiger partial charge in [0.2, 0.25) is 5.91 Å². The van der Waals surface area contributed by atoms with Gasteiger partial charge in [0.05, 0.1) is 5.02 Å². The van der Waals surface area contributed by atoms with E-state index < -0.39 is 10.0 Å². The fraction of sp³-hybridized carbons (Fsp3) is 0.133. The van der Waals surface area contributed by atoms with Crippen LogP contribution in [0.15, 0.2) is 47.4 Å². The van der Waals surface area contributed by atoms with Crippen LogP contribution < -0.4 is 10.0 Å². The second kappa shape index (κ2) is 7.21. The van der Waals surface area contributed by atoms with E-state index in [1.54, 1.807) is 19.1 Å². The van der Waals surface area contributed by atoms with E-state index in [-0.39, 0.29) is 22.2 Å². The largest absolute Gasteiger partial charge is 0.326 e. The van der Waals surface area contributed by atoms with Gasteiger partial charge in [-0.15, -0.1) is 0 Å². The molecular weight excluding hydrogens is 359 g/mol. The number of carbonyl (C=O) groups excluding carboxylic acids is 1. The predicted octanol–water partition coefficient (Wildman–Crippen LogP) is 4.14. The van der Waals surface area contributed by atoms with Crippen LogP contribution in [0.2, 0.25) is 10.0 Å². The molecule has 23 heavy (non-hydrogen) atoms. The van der Waals surface area contributed by atoms with Gasteiger partial charge in [0, 0.05) is 22.8 Å². The SMILES string of the molecule is CCC(=O)Nc1ccc(Cl)c(S(=O)(=O)Nc2ccc(Cl)cc2)c1. The number of benzene rings is 2. The molecule has 0 saturated carbocycles. The molecule has 2 N–H and O–H groups in total. The second-order valence-electron chi connectivity index (χ2n) is 4.66. The van der Waals surface area contributed by atoms with E-state index >= 15 is 0 Å². The zero-order chi connectivity index (χ0) is 17.0. The Hall–Kier alpha value is -1.76. The highest BCUT2D eigenvalue weighted by atomic mass is 35.5. The summed E-state index contributed by atoms with van der Waals surface area (Å²) in [6, 6.07) is 10.5. The number of rotatable bonds is 5. The van der Waals surface area contributed by atoms with Gasteiger partial charge in [-0.2, -0.15) is 0 Å². The molecule has 0 heterocycles. The van der Waals surface area contributed by atoms with Crippen LogP contribution >= 0.6 is 23.2 Å². The molecule has 0 unspecified atom stereocenters. The molecule has 0 aliphatic rings. The molecular formula is C15H14Cl2N2O3S. The van der Waals surface area contributed by atoms with E-state index in [2.05, 4.69) is 10.0 Å². The number of nitrogens with one attached hydrogen (secondary N) is 2. The van der Waals surface area contributed by atoms with Crippen LogP contribution in [0.1, 0.15) is 13.3 Å². The van der Waals surface area contributed by atoms with E-state index in [1.807, 2.05) is 0 Å². The maximum Gasteiger partial charge on any atom is 0.263 e. The van der Waals surface area contributed by atoms with Crippen molar-refractivity contribution in [2.24, 2.45) is 0 Å². The highest BCUT2D eigenvalue weighted by molar-refractivity contribution is 7.92. The van der Waals surface area contributed by atoms with Gasteiger partial charge in [0.15, 0.2) is 0 Å². The lowest BCUT2D eigenvalue weighted by molar-refractivity contribution is -0.115. The van der Waals surface area contributed by atoms with Crippen molar-refractivity contribution in [3.05, 3.63) is 52.5 Å². The Balaban J connectivity index is 2.32. The number of amides is 1. The fourth-order valence-electron chi connectivity index (χ4n) is 1.76. The first kappa shape index (κ1) is 17.6. The van der Waals surface area contributed by atoms with Crippen molar-refractivity contribution in [1.29, 1.82) is 0 Å². The molecule has 2 rings (SSSR count). The first-order valence-corrected chi connectivity index (χ1v) is 8.93. The molecule has 0 aliphatic carbocycles. The third-order valence-corrected chi connectivity index (χ3v) is 5.04. The molecule has 1 amide bonds. The average Bonchev–Trinajstić information content (AvgIpc) is 2.51. The number of carbonyl (C=O) groups is 1. The van der Waals surface area contributed by atoms with Gasteiger partial charge < -0.3 is 5.32 Å². The highest BCUT2D eigenvalue weighted by Gasteiger charge is 2.19. The lowest BCUT2D eigenvalue weighted by Crippen LogP contribution is -2.15. The summed E-state index contributed by atoms with van der Waals surface area (Å²) in [6.45, 7) is 1.70. The van der Waals surface area contributed by atoms with Crippen LogP contribution in [0.25, 0.3) is 0 Å². The Kier molecular flexibility index (Phi) is 5.51. The number of halogens is 2. The Morgan fingerprint density at radius 3 is 2.26 bits per heavy atom. The monoisotopic (exact) mass is 372 g/mol. The van der Waals surface area contributed by atoms with Gasteiger partial charge in [-0.05, 0) is 42.5 Å². The smallest absolute Gasteiger partial charge is 0.263 e. The summed E-state index contributed by atoms with van der Waals surface area (Å²) in [5.74, 6) is -0.221. The van der Waals surface area contributed by atoms with Crippen LogP contribution in [-0.4, -0.2) is 14.3 Å². The fourth-order valence-corrected chi connectivity index (χ4v) is 3.48. The van der Waals surface area contributed by atoms with E-state index in [0.29, 0.717) is 16.4 Å². The number of sulfonamides is 1. The topological polar surface area (TPSA) is 75.3 Å². The first-order chi connectivity index (χ1) is 10.8. The zero-order valence-corrected chi connectivity index (χ0v) is 14.5. The van der Waals surface area contributed by atoms with Crippen molar-refractivity contribution in [2.45, 2.75) is 18.2 Å². The minimum Gasteiger partial charge on any atom is -0.326 e. The van der Waals surface area contributed by atoms with Crippen LogP contribution in [0.3, 0.4) is 0 Å². The lowest BCUT2D eigenvalue weighted by atomic mass is 10.3. The first-order valence-electron chi connectivity index (χ1n) is 6.69. The number of anilines is 2. The van der Waals surface area contributed by atoms with Crippen LogP contribution in [0.5, 0.6) is 0 Å². The Morgan fingerprint density at radius 2 is 1.65 bits per heavy atom. The summed E-state index contributed by atoms with van der Waals surface area (Å²) in [6.07, 6.45) is 0.285. The van der Waals surface area contributed by atoms with Crippen molar-refractivity contribution < 1.29 is 13.2 Å². The molecule has 122 valence electrons. The van der Waals surface area contributed by atoms with Gasteiger partial charge in [-0.25, -0.2) is 8.42 Å². The molecule has 0 spiro atoms. The minimum atomic E-state index is -3.90. The zero-order valence-electron chi connectivity index (χ0n) is 12.1. The molecule has 2 aromatic carbocycles. The summed E-state index contributed by atoms with van der Waals surface area (Å²) in [7, 11) is -3.90. The van der Waals surface area contributed by atoms with Crippen molar-refractivity contribution in [1.82, 2.24) is 0 Å². The average molecular weight is 373 g/mol. The normalized spacial score (nSPS) is 11.1. The van der Waals surface area contributed by atoms with E-state index in [4.69, 9.17) is 23.2 Å². The number of hydrogen-bond acceptors (Lipinski definition) is 3. The van der Waals surface area contributed by atoms with E-state index in [9.17, 15) is 13.2 Å². The van der Waals surface area contributed by atoms with E-state index in [1.165, 1.54) is 30.3 Å². The third kappa shape index (κ3) is 4.60. The van der Waals surface area contributed by atoms with Gasteiger partial charge >= 0.3 is 0 Å². The van der Waals surface area contributed by atoms with Crippen LogP contribution in [0, 0.1) is 0 Å². The molecule has 0 aromatic heterocycles. The van der Waals surface area contributed by atoms with Crippen LogP contribution in [-0.2, 0) is 14.8 Å². The summed E-state index contributed by atoms with van der Waals surface area (Å²) in [5, 5.41) is 3.15. The Morgan fingerprint density at radius 1 is 1.04 bits per heavy atom. The molecule has 8 heteroatoms. The van der Waals surface area contributed by atoms with Crippen molar-refractivity contribution in [2.75, 3.05) is 10.0 Å². The molecule has 0 fully saturated rings. The van der Waals surface area contributed by atoms with Crippen LogP contribution in [0.4, 0.5) is 11.4 Å². The van der Waals surface area contributed by atoms with Crippen molar-refractivity contribution >= 4 is 50.5 Å². The van der Waals surface area contributed by atoms with Gasteiger partial charge in [-0.1, -0.05) is 30.1 Å². The third-order valence-electron chi connectivity index (χ3n) is 2.92. The molecule has 0 aliphatic heterocycles. The highest BCUT2D eigenvalue weighted by Crippen LogP contribution is 2.27. The minimum absolute atomic E-state index is 0.0564. The maximum atomic E-state index is 12.5. The summed E-state index contributed by atoms with van der Waals surface area (Å²) in [5.41, 5.74) is 0.714. The van der Waals surface area contributed by atoms with E-state index in [0.717, 1.165) is 0 Å². The molecule has 0 saturated heterocycles. The summed E-state index contributed by atoms with van der Waals surface area (Å²) < 4.78 is 27.4. The molecule has 5 nitrogen and oxygen atoms in total. The molecule has 0 atom stereocenters. The molecule has 2 aromatic rings. The van der Waals surface area contributed by atoms with Crippen molar-refractivity contribution in [3.63, 3.8) is 0 Å². The Labute approximate surface area is 144 Å². The molecule has 0 bridgehead atoms. The van der Waals surface area contributed by atoms with Gasteiger partial charge in [-0.3, -0.25) is 9.52 Å². The lowest BCUT2D eigenvalue weighted by Gasteiger charge is -2.11. The summed E-state index contributed by atoms with van der Waals surface area (Å²) in [4.78, 5) is 11.3. The number of hydrogen-bond donors (Lipinski definition) is 2. The predicted molar refractivity (Wildman–Crippen MR) is 92.6 cm³/mol. The Bertz CT molecular complexity index is 821. The maximum absolute atomic E-state index is 12.5.